The molecule has 2 unspecified atom stereocenters. The van der Waals surface area contributed by atoms with Gasteiger partial charge in [-0.05, 0) is 31.4 Å². The maximum atomic E-state index is 13.6. The molecule has 15 heavy (non-hydrogen) atoms. The Bertz CT molecular complexity index is 363. The minimum atomic E-state index is -0.123. The summed E-state index contributed by atoms with van der Waals surface area (Å²) in [5.74, 6) is -0.123. The van der Waals surface area contributed by atoms with Crippen LogP contribution in [0.15, 0.2) is 18.2 Å². The van der Waals surface area contributed by atoms with Crippen LogP contribution in [0.3, 0.4) is 0 Å². The molecular formula is C12H17FN2. The van der Waals surface area contributed by atoms with Gasteiger partial charge < -0.3 is 10.6 Å². The molecule has 1 aromatic carbocycles. The minimum absolute atomic E-state index is 0.123. The first kappa shape index (κ1) is 10.4. The van der Waals surface area contributed by atoms with Crippen LogP contribution in [0.25, 0.3) is 0 Å². The summed E-state index contributed by atoms with van der Waals surface area (Å²) in [5.41, 5.74) is 7.64. The fourth-order valence-corrected chi connectivity index (χ4v) is 2.36. The summed E-state index contributed by atoms with van der Waals surface area (Å²) in [6.07, 6.45) is 1.82. The number of nitrogens with zero attached hydrogens (tertiary/aromatic N) is 1. The number of anilines is 1. The summed E-state index contributed by atoms with van der Waals surface area (Å²) in [7, 11) is 1.95. The quantitative estimate of drug-likeness (QED) is 0.804. The molecule has 0 bridgehead atoms. The molecule has 0 aromatic heterocycles. The third-order valence-corrected chi connectivity index (χ3v) is 3.07. The number of benzene rings is 1. The highest BCUT2D eigenvalue weighted by atomic mass is 19.1. The van der Waals surface area contributed by atoms with Crippen molar-refractivity contribution < 1.29 is 4.39 Å². The zero-order valence-corrected chi connectivity index (χ0v) is 9.20. The SMILES string of the molecule is CC(N)CC1Cc2cccc(F)c2N1C. The highest BCUT2D eigenvalue weighted by Gasteiger charge is 2.29. The van der Waals surface area contributed by atoms with Crippen LogP contribution < -0.4 is 10.6 Å². The van der Waals surface area contributed by atoms with Crippen LogP contribution in [0.2, 0.25) is 0 Å². The molecule has 1 heterocycles. The lowest BCUT2D eigenvalue weighted by Crippen LogP contribution is -2.33. The largest absolute Gasteiger partial charge is 0.369 e. The van der Waals surface area contributed by atoms with E-state index in [1.54, 1.807) is 6.07 Å². The summed E-state index contributed by atoms with van der Waals surface area (Å²) in [5, 5.41) is 0. The number of likely N-dealkylation sites (N-methyl/N-ethyl adjacent to an activating group) is 1. The van der Waals surface area contributed by atoms with Gasteiger partial charge in [0.05, 0.1) is 5.69 Å². The number of nitrogens with two attached hydrogens (primary N) is 1. The molecule has 0 radical (unpaired) electrons. The van der Waals surface area contributed by atoms with E-state index >= 15 is 0 Å². The lowest BCUT2D eigenvalue weighted by atomic mass is 10.0. The van der Waals surface area contributed by atoms with Gasteiger partial charge >= 0.3 is 0 Å². The fourth-order valence-electron chi connectivity index (χ4n) is 2.36. The van der Waals surface area contributed by atoms with E-state index in [4.69, 9.17) is 5.73 Å². The molecule has 0 amide bonds. The van der Waals surface area contributed by atoms with Gasteiger partial charge in [0.1, 0.15) is 5.82 Å². The minimum Gasteiger partial charge on any atom is -0.369 e. The van der Waals surface area contributed by atoms with Crippen LogP contribution >= 0.6 is 0 Å². The number of fused-ring (bicyclic) bond motifs is 1. The van der Waals surface area contributed by atoms with Gasteiger partial charge in [0.2, 0.25) is 0 Å². The van der Waals surface area contributed by atoms with E-state index in [9.17, 15) is 4.39 Å². The predicted octanol–water partition coefficient (Wildman–Crippen LogP) is 1.92. The molecule has 2 rings (SSSR count). The standard InChI is InChI=1S/C12H17FN2/c1-8(14)6-10-7-9-4-3-5-11(13)12(9)15(10)2/h3-5,8,10H,6-7,14H2,1-2H3. The summed E-state index contributed by atoms with van der Waals surface area (Å²) in [6, 6.07) is 5.79. The smallest absolute Gasteiger partial charge is 0.146 e. The summed E-state index contributed by atoms with van der Waals surface area (Å²) in [6.45, 7) is 1.99. The molecule has 0 saturated heterocycles. The van der Waals surface area contributed by atoms with Gasteiger partial charge in [-0.2, -0.15) is 0 Å². The van der Waals surface area contributed by atoms with Gasteiger partial charge in [-0.25, -0.2) is 4.39 Å². The Balaban J connectivity index is 2.25. The lowest BCUT2D eigenvalue weighted by molar-refractivity contribution is 0.539. The topological polar surface area (TPSA) is 29.3 Å². The molecule has 0 aliphatic carbocycles. The second-order valence-electron chi connectivity index (χ2n) is 4.43. The molecule has 1 aromatic rings. The number of rotatable bonds is 2. The van der Waals surface area contributed by atoms with Crippen molar-refractivity contribution in [1.29, 1.82) is 0 Å². The Hall–Kier alpha value is -1.09. The Morgan fingerprint density at radius 1 is 1.60 bits per heavy atom. The monoisotopic (exact) mass is 208 g/mol. The van der Waals surface area contributed by atoms with Crippen LogP contribution in [-0.2, 0) is 6.42 Å². The first-order valence-corrected chi connectivity index (χ1v) is 5.35. The molecule has 2 atom stereocenters. The number of hydrogen-bond donors (Lipinski definition) is 1. The van der Waals surface area contributed by atoms with Crippen LogP contribution in [0.5, 0.6) is 0 Å². The number of para-hydroxylation sites is 1. The predicted molar refractivity (Wildman–Crippen MR) is 60.6 cm³/mol. The van der Waals surface area contributed by atoms with Crippen LogP contribution in [-0.4, -0.2) is 19.1 Å². The molecule has 1 aliphatic rings. The first-order chi connectivity index (χ1) is 7.09. The van der Waals surface area contributed by atoms with Gasteiger partial charge in [0.25, 0.3) is 0 Å². The van der Waals surface area contributed by atoms with E-state index in [-0.39, 0.29) is 11.9 Å². The average Bonchev–Trinajstić information content (AvgIpc) is 2.44. The van der Waals surface area contributed by atoms with Gasteiger partial charge in [-0.15, -0.1) is 0 Å². The van der Waals surface area contributed by atoms with E-state index in [2.05, 4.69) is 0 Å². The third-order valence-electron chi connectivity index (χ3n) is 3.07. The van der Waals surface area contributed by atoms with Crippen molar-refractivity contribution in [2.75, 3.05) is 11.9 Å². The van der Waals surface area contributed by atoms with Gasteiger partial charge in [0.15, 0.2) is 0 Å². The van der Waals surface area contributed by atoms with Gasteiger partial charge in [-0.3, -0.25) is 0 Å². The third kappa shape index (κ3) is 1.84. The van der Waals surface area contributed by atoms with Crippen molar-refractivity contribution in [3.8, 4) is 0 Å². The lowest BCUT2D eigenvalue weighted by Gasteiger charge is -2.24. The van der Waals surface area contributed by atoms with Gasteiger partial charge in [0, 0.05) is 19.1 Å². The second kappa shape index (κ2) is 3.81. The zero-order chi connectivity index (χ0) is 11.0. The highest BCUT2D eigenvalue weighted by molar-refractivity contribution is 5.59. The summed E-state index contributed by atoms with van der Waals surface area (Å²) < 4.78 is 13.6. The molecule has 0 spiro atoms. The summed E-state index contributed by atoms with van der Waals surface area (Å²) in [4.78, 5) is 2.02. The van der Waals surface area contributed by atoms with Crippen molar-refractivity contribution in [3.05, 3.63) is 29.6 Å². The van der Waals surface area contributed by atoms with Gasteiger partial charge in [-0.1, -0.05) is 12.1 Å². The van der Waals surface area contributed by atoms with E-state index in [1.807, 2.05) is 24.9 Å². The molecule has 0 fully saturated rings. The fraction of sp³-hybridized carbons (Fsp3) is 0.500. The van der Waals surface area contributed by atoms with Crippen LogP contribution in [0, 0.1) is 5.82 Å². The molecule has 2 nitrogen and oxygen atoms in total. The van der Waals surface area contributed by atoms with Crippen LogP contribution in [0.1, 0.15) is 18.9 Å². The van der Waals surface area contributed by atoms with E-state index < -0.39 is 0 Å². The van der Waals surface area contributed by atoms with Crippen molar-refractivity contribution in [1.82, 2.24) is 0 Å². The Morgan fingerprint density at radius 3 is 2.93 bits per heavy atom. The zero-order valence-electron chi connectivity index (χ0n) is 9.20. The van der Waals surface area contributed by atoms with Crippen molar-refractivity contribution in [3.63, 3.8) is 0 Å². The first-order valence-electron chi connectivity index (χ1n) is 5.35. The Morgan fingerprint density at radius 2 is 2.33 bits per heavy atom. The number of halogens is 1. The van der Waals surface area contributed by atoms with Crippen LogP contribution in [0.4, 0.5) is 10.1 Å². The van der Waals surface area contributed by atoms with Crippen molar-refractivity contribution in [2.24, 2.45) is 5.73 Å². The average molecular weight is 208 g/mol. The second-order valence-corrected chi connectivity index (χ2v) is 4.43. The Kier molecular flexibility index (Phi) is 2.65. The molecule has 3 heteroatoms. The molecule has 2 N–H and O–H groups in total. The van der Waals surface area contributed by atoms with E-state index in [0.29, 0.717) is 6.04 Å². The maximum absolute atomic E-state index is 13.6. The highest BCUT2D eigenvalue weighted by Crippen LogP contribution is 2.34. The molecule has 82 valence electrons. The molecule has 0 saturated carbocycles. The maximum Gasteiger partial charge on any atom is 0.146 e. The normalized spacial score (nSPS) is 21.6. The number of hydrogen-bond acceptors (Lipinski definition) is 2. The van der Waals surface area contributed by atoms with E-state index in [1.165, 1.54) is 6.07 Å². The summed E-state index contributed by atoms with van der Waals surface area (Å²) >= 11 is 0. The Labute approximate surface area is 89.9 Å². The molecule has 1 aliphatic heterocycles. The van der Waals surface area contributed by atoms with E-state index in [0.717, 1.165) is 24.1 Å². The molecular weight excluding hydrogens is 191 g/mol. The van der Waals surface area contributed by atoms with Crippen molar-refractivity contribution >= 4 is 5.69 Å². The van der Waals surface area contributed by atoms with Crippen molar-refractivity contribution in [2.45, 2.75) is 31.8 Å².